The Bertz CT molecular complexity index is 635. The molecule has 2 aromatic rings. The molecule has 7 heteroatoms. The molecule has 0 unspecified atom stereocenters. The fraction of sp³-hybridized carbons (Fsp3) is 0.500. The maximum Gasteiger partial charge on any atom is 0.160 e. The molecular formula is C12H13BrClN3OS. The average Bonchev–Trinajstić information content (AvgIpc) is 2.77. The van der Waals surface area contributed by atoms with Crippen LogP contribution in [0.5, 0.6) is 0 Å². The van der Waals surface area contributed by atoms with Crippen molar-refractivity contribution in [3.8, 4) is 0 Å². The Morgan fingerprint density at radius 1 is 1.47 bits per heavy atom. The largest absolute Gasteiger partial charge is 0.309 e. The molecule has 0 spiro atoms. The molecule has 1 fully saturated rings. The number of nitrogens with zero attached hydrogens (tertiary/aromatic N) is 3. The third kappa shape index (κ3) is 2.58. The van der Waals surface area contributed by atoms with Gasteiger partial charge in [-0.05, 0) is 34.8 Å². The first-order chi connectivity index (χ1) is 9.19. The minimum atomic E-state index is -0.663. The van der Waals surface area contributed by atoms with E-state index in [4.69, 9.17) is 11.6 Å². The summed E-state index contributed by atoms with van der Waals surface area (Å²) in [6, 6.07) is 2.26. The van der Waals surface area contributed by atoms with Crippen LogP contribution in [0.25, 0.3) is 11.2 Å². The van der Waals surface area contributed by atoms with Crippen LogP contribution in [0.2, 0.25) is 0 Å². The Morgan fingerprint density at radius 2 is 2.21 bits per heavy atom. The van der Waals surface area contributed by atoms with Gasteiger partial charge in [0.05, 0.1) is 5.88 Å². The lowest BCUT2D eigenvalue weighted by Crippen LogP contribution is -2.23. The van der Waals surface area contributed by atoms with Gasteiger partial charge in [0.15, 0.2) is 5.65 Å². The van der Waals surface area contributed by atoms with Gasteiger partial charge in [0.1, 0.15) is 11.3 Å². The molecule has 0 aliphatic carbocycles. The first-order valence-corrected chi connectivity index (χ1v) is 8.94. The monoisotopic (exact) mass is 361 g/mol. The molecule has 19 heavy (non-hydrogen) atoms. The zero-order chi connectivity index (χ0) is 13.4. The number of halogens is 2. The fourth-order valence-electron chi connectivity index (χ4n) is 2.52. The summed E-state index contributed by atoms with van der Waals surface area (Å²) in [4.78, 5) is 9.01. The molecule has 0 bridgehead atoms. The molecule has 3 heterocycles. The smallest absolute Gasteiger partial charge is 0.160 e. The van der Waals surface area contributed by atoms with Gasteiger partial charge < -0.3 is 4.57 Å². The highest BCUT2D eigenvalue weighted by Gasteiger charge is 2.24. The maximum atomic E-state index is 11.5. The second kappa shape index (κ2) is 5.50. The van der Waals surface area contributed by atoms with Crippen LogP contribution in [0.15, 0.2) is 16.7 Å². The number of pyridine rings is 1. The van der Waals surface area contributed by atoms with Crippen LogP contribution in [0, 0.1) is 0 Å². The molecule has 1 saturated heterocycles. The van der Waals surface area contributed by atoms with E-state index in [2.05, 4.69) is 30.5 Å². The number of hydrogen-bond acceptors (Lipinski definition) is 3. The second-order valence-electron chi connectivity index (χ2n) is 4.61. The summed E-state index contributed by atoms with van der Waals surface area (Å²) in [5.41, 5.74) is 1.73. The van der Waals surface area contributed by atoms with E-state index in [0.717, 1.165) is 45.8 Å². The molecule has 1 aliphatic rings. The van der Waals surface area contributed by atoms with Gasteiger partial charge in [-0.2, -0.15) is 0 Å². The predicted octanol–water partition coefficient (Wildman–Crippen LogP) is 3.02. The lowest BCUT2D eigenvalue weighted by atomic mass is 10.1. The zero-order valence-corrected chi connectivity index (χ0v) is 13.3. The quantitative estimate of drug-likeness (QED) is 0.772. The fourth-order valence-corrected chi connectivity index (χ4v) is 4.30. The van der Waals surface area contributed by atoms with Crippen molar-refractivity contribution in [3.05, 3.63) is 22.6 Å². The van der Waals surface area contributed by atoms with Crippen molar-refractivity contribution >= 4 is 49.5 Å². The summed E-state index contributed by atoms with van der Waals surface area (Å²) in [5.74, 6) is 2.72. The second-order valence-corrected chi connectivity index (χ2v) is 7.49. The highest BCUT2D eigenvalue weighted by atomic mass is 79.9. The lowest BCUT2D eigenvalue weighted by Gasteiger charge is -2.24. The van der Waals surface area contributed by atoms with Crippen molar-refractivity contribution < 1.29 is 4.21 Å². The Labute approximate surface area is 127 Å². The number of aromatic nitrogens is 3. The third-order valence-electron chi connectivity index (χ3n) is 3.41. The van der Waals surface area contributed by atoms with Crippen LogP contribution >= 0.6 is 27.5 Å². The van der Waals surface area contributed by atoms with Crippen molar-refractivity contribution in [2.75, 3.05) is 11.5 Å². The molecule has 0 radical (unpaired) electrons. The molecule has 0 aromatic carbocycles. The summed E-state index contributed by atoms with van der Waals surface area (Å²) in [5, 5.41) is 0. The van der Waals surface area contributed by atoms with Crippen LogP contribution < -0.4 is 0 Å². The minimum Gasteiger partial charge on any atom is -0.309 e. The molecule has 102 valence electrons. The van der Waals surface area contributed by atoms with Crippen LogP contribution in [0.4, 0.5) is 0 Å². The molecule has 0 amide bonds. The van der Waals surface area contributed by atoms with Gasteiger partial charge >= 0.3 is 0 Å². The minimum absolute atomic E-state index is 0.310. The molecule has 0 N–H and O–H groups in total. The summed E-state index contributed by atoms with van der Waals surface area (Å²) in [7, 11) is -0.663. The Kier molecular flexibility index (Phi) is 3.91. The first-order valence-electron chi connectivity index (χ1n) is 6.12. The van der Waals surface area contributed by atoms with Gasteiger partial charge in [-0.15, -0.1) is 11.6 Å². The predicted molar refractivity (Wildman–Crippen MR) is 80.9 cm³/mol. The topological polar surface area (TPSA) is 47.8 Å². The number of hydrogen-bond donors (Lipinski definition) is 0. The van der Waals surface area contributed by atoms with Gasteiger partial charge in [-0.1, -0.05) is 0 Å². The molecule has 4 nitrogen and oxygen atoms in total. The van der Waals surface area contributed by atoms with Crippen molar-refractivity contribution in [1.29, 1.82) is 0 Å². The van der Waals surface area contributed by atoms with E-state index in [-0.39, 0.29) is 0 Å². The van der Waals surface area contributed by atoms with Crippen LogP contribution in [-0.2, 0) is 16.7 Å². The van der Waals surface area contributed by atoms with E-state index in [1.807, 2.05) is 6.07 Å². The molecular weight excluding hydrogens is 350 g/mol. The zero-order valence-electron chi connectivity index (χ0n) is 10.2. The van der Waals surface area contributed by atoms with Gasteiger partial charge in [0.25, 0.3) is 0 Å². The summed E-state index contributed by atoms with van der Waals surface area (Å²) in [6.45, 7) is 0. The number of imidazole rings is 1. The van der Waals surface area contributed by atoms with Crippen molar-refractivity contribution in [2.24, 2.45) is 0 Å². The Morgan fingerprint density at radius 3 is 2.89 bits per heavy atom. The molecule has 2 aromatic heterocycles. The van der Waals surface area contributed by atoms with E-state index < -0.39 is 10.8 Å². The van der Waals surface area contributed by atoms with E-state index >= 15 is 0 Å². The first kappa shape index (κ1) is 13.5. The van der Waals surface area contributed by atoms with Crippen LogP contribution in [0.1, 0.15) is 24.7 Å². The molecule has 0 atom stereocenters. The van der Waals surface area contributed by atoms with E-state index in [0.29, 0.717) is 11.9 Å². The average molecular weight is 363 g/mol. The Balaban J connectivity index is 2.08. The van der Waals surface area contributed by atoms with Gasteiger partial charge in [0, 0.05) is 39.0 Å². The van der Waals surface area contributed by atoms with Crippen LogP contribution in [0.3, 0.4) is 0 Å². The SMILES string of the molecule is O=S1CCC(n2c(CCl)nc3cc(Br)cnc32)CC1. The molecule has 3 rings (SSSR count). The summed E-state index contributed by atoms with van der Waals surface area (Å²) >= 11 is 9.42. The number of fused-ring (bicyclic) bond motifs is 1. The summed E-state index contributed by atoms with van der Waals surface area (Å²) in [6.07, 6.45) is 3.58. The van der Waals surface area contributed by atoms with Gasteiger partial charge in [-0.3, -0.25) is 4.21 Å². The van der Waals surface area contributed by atoms with Crippen molar-refractivity contribution in [2.45, 2.75) is 24.8 Å². The normalized spacial score (nSPS) is 23.9. The Hall–Kier alpha value is -0.460. The number of rotatable bonds is 2. The lowest BCUT2D eigenvalue weighted by molar-refractivity contribution is 0.460. The maximum absolute atomic E-state index is 11.5. The van der Waals surface area contributed by atoms with E-state index in [1.165, 1.54) is 0 Å². The van der Waals surface area contributed by atoms with Crippen LogP contribution in [-0.4, -0.2) is 30.2 Å². The highest BCUT2D eigenvalue weighted by molar-refractivity contribution is 9.10. The third-order valence-corrected chi connectivity index (χ3v) is 5.47. The van der Waals surface area contributed by atoms with Gasteiger partial charge in [-0.25, -0.2) is 9.97 Å². The van der Waals surface area contributed by atoms with E-state index in [9.17, 15) is 4.21 Å². The molecule has 1 aliphatic heterocycles. The van der Waals surface area contributed by atoms with Crippen molar-refractivity contribution in [3.63, 3.8) is 0 Å². The van der Waals surface area contributed by atoms with Crippen molar-refractivity contribution in [1.82, 2.24) is 14.5 Å². The standard InChI is InChI=1S/C12H13BrClN3OS/c13-8-5-10-12(15-7-8)17(11(6-14)16-10)9-1-3-19(18)4-2-9/h5,7,9H,1-4,6H2. The highest BCUT2D eigenvalue weighted by Crippen LogP contribution is 2.29. The van der Waals surface area contributed by atoms with Gasteiger partial charge in [0.2, 0.25) is 0 Å². The summed E-state index contributed by atoms with van der Waals surface area (Å²) < 4.78 is 14.5. The number of alkyl halides is 1. The molecule has 0 saturated carbocycles. The van der Waals surface area contributed by atoms with E-state index in [1.54, 1.807) is 6.20 Å².